The van der Waals surface area contributed by atoms with Gasteiger partial charge in [-0.25, -0.2) is 0 Å². The van der Waals surface area contributed by atoms with Crippen LogP contribution in [0, 0.1) is 6.92 Å². The van der Waals surface area contributed by atoms with Crippen molar-refractivity contribution in [1.82, 2.24) is 10.3 Å². The fourth-order valence-corrected chi connectivity index (χ4v) is 2.32. The lowest BCUT2D eigenvalue weighted by Crippen LogP contribution is -2.30. The first-order chi connectivity index (χ1) is 10.7. The van der Waals surface area contributed by atoms with E-state index in [-0.39, 0.29) is 5.91 Å². The topological polar surface area (TPSA) is 45.2 Å². The van der Waals surface area contributed by atoms with Crippen molar-refractivity contribution in [2.75, 3.05) is 18.0 Å². The maximum Gasteiger partial charge on any atom is 0.222 e. The van der Waals surface area contributed by atoms with E-state index in [1.165, 1.54) is 11.3 Å². The molecule has 0 unspecified atom stereocenters. The molecule has 4 heteroatoms. The highest BCUT2D eigenvalue weighted by Crippen LogP contribution is 2.15. The van der Waals surface area contributed by atoms with Crippen LogP contribution in [0.1, 0.15) is 24.5 Å². The minimum Gasteiger partial charge on any atom is -0.371 e. The first-order valence-corrected chi connectivity index (χ1v) is 7.66. The van der Waals surface area contributed by atoms with Crippen molar-refractivity contribution in [2.45, 2.75) is 26.8 Å². The van der Waals surface area contributed by atoms with Crippen molar-refractivity contribution < 1.29 is 4.79 Å². The normalized spacial score (nSPS) is 10.3. The Kier molecular flexibility index (Phi) is 5.95. The first kappa shape index (κ1) is 16.0. The van der Waals surface area contributed by atoms with E-state index >= 15 is 0 Å². The highest BCUT2D eigenvalue weighted by molar-refractivity contribution is 5.76. The summed E-state index contributed by atoms with van der Waals surface area (Å²) in [6, 6.07) is 12.2. The Morgan fingerprint density at radius 1 is 1.23 bits per heavy atom. The quantitative estimate of drug-likeness (QED) is 0.854. The number of amides is 1. The van der Waals surface area contributed by atoms with Gasteiger partial charge < -0.3 is 10.2 Å². The molecule has 4 nitrogen and oxygen atoms in total. The maximum atomic E-state index is 12.0. The monoisotopic (exact) mass is 297 g/mol. The fraction of sp³-hybridized carbons (Fsp3) is 0.333. The largest absolute Gasteiger partial charge is 0.371 e. The van der Waals surface area contributed by atoms with Crippen molar-refractivity contribution in [3.63, 3.8) is 0 Å². The SMILES string of the molecule is CCN(CCC(=O)NCc1ccncc1)c1cccc(C)c1. The van der Waals surface area contributed by atoms with Crippen molar-refractivity contribution in [3.05, 3.63) is 59.9 Å². The molecule has 0 saturated heterocycles. The standard InChI is InChI=1S/C18H23N3O/c1-3-21(17-6-4-5-15(2)13-17)12-9-18(22)20-14-16-7-10-19-11-8-16/h4-8,10-11,13H,3,9,12,14H2,1-2H3,(H,20,22). The summed E-state index contributed by atoms with van der Waals surface area (Å²) < 4.78 is 0. The molecule has 1 amide bonds. The van der Waals surface area contributed by atoms with Gasteiger partial charge in [0, 0.05) is 44.1 Å². The molecule has 1 aromatic heterocycles. The van der Waals surface area contributed by atoms with Gasteiger partial charge in [0.1, 0.15) is 0 Å². The van der Waals surface area contributed by atoms with Gasteiger partial charge in [0.05, 0.1) is 0 Å². The highest BCUT2D eigenvalue weighted by atomic mass is 16.1. The lowest BCUT2D eigenvalue weighted by molar-refractivity contribution is -0.121. The zero-order valence-electron chi connectivity index (χ0n) is 13.2. The molecule has 2 rings (SSSR count). The predicted molar refractivity (Wildman–Crippen MR) is 89.8 cm³/mol. The summed E-state index contributed by atoms with van der Waals surface area (Å²) in [4.78, 5) is 18.2. The summed E-state index contributed by atoms with van der Waals surface area (Å²) in [5.74, 6) is 0.0721. The molecule has 0 aliphatic carbocycles. The number of aromatic nitrogens is 1. The lowest BCUT2D eigenvalue weighted by Gasteiger charge is -2.23. The van der Waals surface area contributed by atoms with Gasteiger partial charge in [0.15, 0.2) is 0 Å². The van der Waals surface area contributed by atoms with Crippen molar-refractivity contribution in [3.8, 4) is 0 Å². The van der Waals surface area contributed by atoms with Crippen molar-refractivity contribution in [2.24, 2.45) is 0 Å². The Hall–Kier alpha value is -2.36. The average Bonchev–Trinajstić information content (AvgIpc) is 2.54. The highest BCUT2D eigenvalue weighted by Gasteiger charge is 2.08. The molecule has 22 heavy (non-hydrogen) atoms. The average molecular weight is 297 g/mol. The summed E-state index contributed by atoms with van der Waals surface area (Å²) in [5, 5.41) is 2.95. The zero-order chi connectivity index (χ0) is 15.8. The molecule has 1 aromatic carbocycles. The molecular weight excluding hydrogens is 274 g/mol. The number of aryl methyl sites for hydroxylation is 1. The Bertz CT molecular complexity index is 598. The van der Waals surface area contributed by atoms with Gasteiger partial charge in [-0.05, 0) is 49.2 Å². The lowest BCUT2D eigenvalue weighted by atomic mass is 10.2. The minimum atomic E-state index is 0.0721. The summed E-state index contributed by atoms with van der Waals surface area (Å²) in [7, 11) is 0. The molecule has 0 spiro atoms. The molecule has 0 saturated carbocycles. The first-order valence-electron chi connectivity index (χ1n) is 7.66. The van der Waals surface area contributed by atoms with Crippen LogP contribution in [-0.4, -0.2) is 24.0 Å². The van der Waals surface area contributed by atoms with E-state index in [1.54, 1.807) is 12.4 Å². The van der Waals surface area contributed by atoms with Crippen LogP contribution in [0.5, 0.6) is 0 Å². The third kappa shape index (κ3) is 4.88. The van der Waals surface area contributed by atoms with E-state index in [9.17, 15) is 4.79 Å². The van der Waals surface area contributed by atoms with E-state index in [0.717, 1.165) is 18.7 Å². The number of hydrogen-bond donors (Lipinski definition) is 1. The number of anilines is 1. The Balaban J connectivity index is 1.81. The number of rotatable bonds is 7. The number of hydrogen-bond acceptors (Lipinski definition) is 3. The molecule has 0 atom stereocenters. The van der Waals surface area contributed by atoms with Gasteiger partial charge in [-0.2, -0.15) is 0 Å². The van der Waals surface area contributed by atoms with Gasteiger partial charge in [-0.15, -0.1) is 0 Å². The molecule has 0 fully saturated rings. The van der Waals surface area contributed by atoms with Gasteiger partial charge >= 0.3 is 0 Å². The maximum absolute atomic E-state index is 12.0. The Morgan fingerprint density at radius 3 is 2.68 bits per heavy atom. The van der Waals surface area contributed by atoms with E-state index in [1.807, 2.05) is 12.1 Å². The molecule has 0 aliphatic heterocycles. The van der Waals surface area contributed by atoms with Gasteiger partial charge in [0.2, 0.25) is 5.91 Å². The summed E-state index contributed by atoms with van der Waals surface area (Å²) in [6.45, 7) is 6.36. The summed E-state index contributed by atoms with van der Waals surface area (Å²) >= 11 is 0. The zero-order valence-corrected chi connectivity index (χ0v) is 13.2. The molecule has 116 valence electrons. The van der Waals surface area contributed by atoms with Crippen LogP contribution in [0.3, 0.4) is 0 Å². The number of carbonyl (C=O) groups is 1. The van der Waals surface area contributed by atoms with Crippen LogP contribution in [0.4, 0.5) is 5.69 Å². The van der Waals surface area contributed by atoms with E-state index in [0.29, 0.717) is 13.0 Å². The number of benzene rings is 1. The van der Waals surface area contributed by atoms with Crippen LogP contribution in [0.25, 0.3) is 0 Å². The molecular formula is C18H23N3O. The fourth-order valence-electron chi connectivity index (χ4n) is 2.32. The number of pyridine rings is 1. The van der Waals surface area contributed by atoms with Crippen LogP contribution in [0.15, 0.2) is 48.8 Å². The number of nitrogens with zero attached hydrogens (tertiary/aromatic N) is 2. The second kappa shape index (κ2) is 8.17. The van der Waals surface area contributed by atoms with Gasteiger partial charge in [0.25, 0.3) is 0 Å². The van der Waals surface area contributed by atoms with Gasteiger partial charge in [-0.3, -0.25) is 9.78 Å². The van der Waals surface area contributed by atoms with Crippen LogP contribution in [0.2, 0.25) is 0 Å². The second-order valence-electron chi connectivity index (χ2n) is 5.30. The third-order valence-corrected chi connectivity index (χ3v) is 3.60. The second-order valence-corrected chi connectivity index (χ2v) is 5.30. The van der Waals surface area contributed by atoms with Crippen molar-refractivity contribution >= 4 is 11.6 Å². The summed E-state index contributed by atoms with van der Waals surface area (Å²) in [6.07, 6.45) is 3.96. The van der Waals surface area contributed by atoms with Crippen molar-refractivity contribution in [1.29, 1.82) is 0 Å². The smallest absolute Gasteiger partial charge is 0.222 e. The predicted octanol–water partition coefficient (Wildman–Crippen LogP) is 2.92. The molecule has 0 radical (unpaired) electrons. The molecule has 2 aromatic rings. The van der Waals surface area contributed by atoms with Crippen LogP contribution < -0.4 is 10.2 Å². The summed E-state index contributed by atoms with van der Waals surface area (Å²) in [5.41, 5.74) is 3.47. The number of carbonyl (C=O) groups excluding carboxylic acids is 1. The molecule has 0 bridgehead atoms. The third-order valence-electron chi connectivity index (χ3n) is 3.60. The van der Waals surface area contributed by atoms with Crippen LogP contribution in [-0.2, 0) is 11.3 Å². The van der Waals surface area contributed by atoms with E-state index in [4.69, 9.17) is 0 Å². The van der Waals surface area contributed by atoms with Gasteiger partial charge in [-0.1, -0.05) is 12.1 Å². The molecule has 0 aliphatic rings. The number of nitrogens with one attached hydrogen (secondary N) is 1. The van der Waals surface area contributed by atoms with Crippen LogP contribution >= 0.6 is 0 Å². The van der Waals surface area contributed by atoms with E-state index in [2.05, 4.69) is 53.3 Å². The molecule has 1 N–H and O–H groups in total. The Morgan fingerprint density at radius 2 is 2.00 bits per heavy atom. The minimum absolute atomic E-state index is 0.0721. The molecule has 1 heterocycles. The Labute approximate surface area is 132 Å². The van der Waals surface area contributed by atoms with E-state index < -0.39 is 0 Å².